The van der Waals surface area contributed by atoms with Crippen LogP contribution in [0.3, 0.4) is 0 Å². The average Bonchev–Trinajstić information content (AvgIpc) is 2.38. The van der Waals surface area contributed by atoms with E-state index >= 15 is 0 Å². The van der Waals surface area contributed by atoms with E-state index in [0.29, 0.717) is 21.2 Å². The molecule has 0 fully saturated rings. The van der Waals surface area contributed by atoms with Gasteiger partial charge in [0.25, 0.3) is 0 Å². The number of nitrogens with two attached hydrogens (primary N) is 1. The molecular formula is C13H10Cl3FN2. The van der Waals surface area contributed by atoms with Gasteiger partial charge in [-0.05, 0) is 41.5 Å². The van der Waals surface area contributed by atoms with Crippen LogP contribution in [-0.2, 0) is 0 Å². The predicted octanol–water partition coefficient (Wildman–Crippen LogP) is 4.34. The highest BCUT2D eigenvalue weighted by Crippen LogP contribution is 2.31. The number of halogens is 4. The lowest BCUT2D eigenvalue weighted by atomic mass is 9.99. The van der Waals surface area contributed by atoms with Crippen molar-refractivity contribution in [1.29, 1.82) is 0 Å². The average molecular weight is 320 g/mol. The largest absolute Gasteiger partial charge is 0.271 e. The zero-order chi connectivity index (χ0) is 14.0. The smallest absolute Gasteiger partial charge is 0.142 e. The van der Waals surface area contributed by atoms with Crippen LogP contribution in [0.25, 0.3) is 0 Å². The molecule has 0 saturated heterocycles. The number of rotatable bonds is 3. The molecule has 6 heteroatoms. The summed E-state index contributed by atoms with van der Waals surface area (Å²) in [5.74, 6) is 5.02. The second-order valence-corrected chi connectivity index (χ2v) is 5.19. The highest BCUT2D eigenvalue weighted by atomic mass is 35.5. The highest BCUT2D eigenvalue weighted by Gasteiger charge is 2.17. The summed E-state index contributed by atoms with van der Waals surface area (Å²) in [6.45, 7) is 0. The summed E-state index contributed by atoms with van der Waals surface area (Å²) in [7, 11) is 0. The van der Waals surface area contributed by atoms with Crippen molar-refractivity contribution in [2.75, 3.05) is 0 Å². The van der Waals surface area contributed by atoms with Gasteiger partial charge < -0.3 is 0 Å². The fraction of sp³-hybridized carbons (Fsp3) is 0.0769. The first kappa shape index (κ1) is 14.6. The van der Waals surface area contributed by atoms with E-state index in [9.17, 15) is 4.39 Å². The molecule has 0 aliphatic carbocycles. The van der Waals surface area contributed by atoms with Crippen LogP contribution >= 0.6 is 34.8 Å². The van der Waals surface area contributed by atoms with E-state index in [1.54, 1.807) is 24.3 Å². The molecule has 1 unspecified atom stereocenters. The van der Waals surface area contributed by atoms with E-state index < -0.39 is 11.9 Å². The van der Waals surface area contributed by atoms with Crippen LogP contribution in [0.1, 0.15) is 17.2 Å². The van der Waals surface area contributed by atoms with E-state index in [4.69, 9.17) is 40.6 Å². The van der Waals surface area contributed by atoms with Gasteiger partial charge in [0.1, 0.15) is 5.82 Å². The Bertz CT molecular complexity index is 604. The van der Waals surface area contributed by atoms with E-state index in [-0.39, 0.29) is 5.02 Å². The van der Waals surface area contributed by atoms with Gasteiger partial charge >= 0.3 is 0 Å². The number of hydrogen-bond donors (Lipinski definition) is 2. The Morgan fingerprint density at radius 3 is 2.32 bits per heavy atom. The molecule has 1 atom stereocenters. The van der Waals surface area contributed by atoms with Crippen molar-refractivity contribution >= 4 is 34.8 Å². The molecule has 19 heavy (non-hydrogen) atoms. The minimum atomic E-state index is -0.516. The molecule has 0 saturated carbocycles. The lowest BCUT2D eigenvalue weighted by Crippen LogP contribution is -2.29. The van der Waals surface area contributed by atoms with Gasteiger partial charge in [-0.2, -0.15) is 0 Å². The third-order valence-electron chi connectivity index (χ3n) is 2.71. The van der Waals surface area contributed by atoms with E-state index in [1.807, 2.05) is 0 Å². The van der Waals surface area contributed by atoms with Crippen molar-refractivity contribution in [2.24, 2.45) is 5.84 Å². The minimum absolute atomic E-state index is 0.0525. The van der Waals surface area contributed by atoms with Gasteiger partial charge in [0.15, 0.2) is 0 Å². The Kier molecular flexibility index (Phi) is 4.66. The molecule has 100 valence electrons. The van der Waals surface area contributed by atoms with Gasteiger partial charge in [-0.15, -0.1) is 0 Å². The van der Waals surface area contributed by atoms with Gasteiger partial charge in [0.05, 0.1) is 11.1 Å². The SMILES string of the molecule is NNC(c1ccc(Cl)c(F)c1)c1cc(Cl)ccc1Cl. The van der Waals surface area contributed by atoms with Crippen molar-refractivity contribution in [1.82, 2.24) is 5.43 Å². The van der Waals surface area contributed by atoms with Crippen LogP contribution < -0.4 is 11.3 Å². The lowest BCUT2D eigenvalue weighted by Gasteiger charge is -2.18. The van der Waals surface area contributed by atoms with Crippen LogP contribution in [-0.4, -0.2) is 0 Å². The molecule has 0 aromatic heterocycles. The fourth-order valence-electron chi connectivity index (χ4n) is 1.79. The first-order chi connectivity index (χ1) is 9.02. The summed E-state index contributed by atoms with van der Waals surface area (Å²) >= 11 is 17.7. The molecule has 3 N–H and O–H groups in total. The zero-order valence-electron chi connectivity index (χ0n) is 9.63. The van der Waals surface area contributed by atoms with Gasteiger partial charge in [-0.1, -0.05) is 40.9 Å². The molecule has 0 aliphatic rings. The topological polar surface area (TPSA) is 38.0 Å². The van der Waals surface area contributed by atoms with Crippen LogP contribution in [0, 0.1) is 5.82 Å². The van der Waals surface area contributed by atoms with Gasteiger partial charge in [-0.25, -0.2) is 9.82 Å². The van der Waals surface area contributed by atoms with E-state index in [0.717, 1.165) is 0 Å². The van der Waals surface area contributed by atoms with Crippen molar-refractivity contribution < 1.29 is 4.39 Å². The molecule has 0 heterocycles. The monoisotopic (exact) mass is 318 g/mol. The van der Waals surface area contributed by atoms with Crippen molar-refractivity contribution in [2.45, 2.75) is 6.04 Å². The molecule has 0 amide bonds. The van der Waals surface area contributed by atoms with Crippen LogP contribution in [0.2, 0.25) is 15.1 Å². The number of benzene rings is 2. The zero-order valence-corrected chi connectivity index (χ0v) is 11.9. The van der Waals surface area contributed by atoms with Gasteiger partial charge in [0, 0.05) is 10.0 Å². The van der Waals surface area contributed by atoms with Crippen LogP contribution in [0.15, 0.2) is 36.4 Å². The van der Waals surface area contributed by atoms with Crippen molar-refractivity contribution in [3.63, 3.8) is 0 Å². The summed E-state index contributed by atoms with van der Waals surface area (Å²) < 4.78 is 13.5. The Labute approximate surface area is 125 Å². The Morgan fingerprint density at radius 2 is 1.68 bits per heavy atom. The first-order valence-electron chi connectivity index (χ1n) is 5.39. The van der Waals surface area contributed by atoms with Gasteiger partial charge in [0.2, 0.25) is 0 Å². The van der Waals surface area contributed by atoms with Crippen LogP contribution in [0.5, 0.6) is 0 Å². The summed E-state index contributed by atoms with van der Waals surface area (Å²) in [5, 5.41) is 1.06. The normalized spacial score (nSPS) is 12.5. The maximum Gasteiger partial charge on any atom is 0.142 e. The summed E-state index contributed by atoms with van der Waals surface area (Å²) in [6.07, 6.45) is 0. The minimum Gasteiger partial charge on any atom is -0.271 e. The number of hydrazine groups is 1. The molecule has 0 bridgehead atoms. The third-order valence-corrected chi connectivity index (χ3v) is 3.60. The van der Waals surface area contributed by atoms with E-state index in [2.05, 4.69) is 5.43 Å². The Morgan fingerprint density at radius 1 is 1.00 bits per heavy atom. The summed E-state index contributed by atoms with van der Waals surface area (Å²) in [6, 6.07) is 8.99. The molecule has 0 radical (unpaired) electrons. The molecule has 2 aromatic carbocycles. The predicted molar refractivity (Wildman–Crippen MR) is 77.0 cm³/mol. The maximum atomic E-state index is 13.5. The number of nitrogens with one attached hydrogen (secondary N) is 1. The summed E-state index contributed by atoms with van der Waals surface area (Å²) in [4.78, 5) is 0. The Hall–Kier alpha value is -0.840. The third kappa shape index (κ3) is 3.19. The van der Waals surface area contributed by atoms with Crippen LogP contribution in [0.4, 0.5) is 4.39 Å². The molecule has 2 rings (SSSR count). The standard InChI is InChI=1S/C13H10Cl3FN2/c14-8-2-4-10(15)9(6-8)13(19-18)7-1-3-11(16)12(17)5-7/h1-6,13,19H,18H2. The number of hydrogen-bond acceptors (Lipinski definition) is 2. The maximum absolute atomic E-state index is 13.5. The quantitative estimate of drug-likeness (QED) is 0.652. The highest BCUT2D eigenvalue weighted by molar-refractivity contribution is 6.33. The molecule has 2 nitrogen and oxygen atoms in total. The molecular weight excluding hydrogens is 310 g/mol. The van der Waals surface area contributed by atoms with Crippen molar-refractivity contribution in [3.8, 4) is 0 Å². The lowest BCUT2D eigenvalue weighted by molar-refractivity contribution is 0.605. The first-order valence-corrected chi connectivity index (χ1v) is 6.52. The Balaban J connectivity index is 2.49. The second-order valence-electron chi connectivity index (χ2n) is 3.94. The molecule has 2 aromatic rings. The van der Waals surface area contributed by atoms with Crippen molar-refractivity contribution in [3.05, 3.63) is 68.4 Å². The molecule has 0 spiro atoms. The van der Waals surface area contributed by atoms with Gasteiger partial charge in [-0.3, -0.25) is 5.84 Å². The fourth-order valence-corrected chi connectivity index (χ4v) is 2.32. The second kappa shape index (κ2) is 6.07. The van der Waals surface area contributed by atoms with E-state index in [1.165, 1.54) is 12.1 Å². The molecule has 0 aliphatic heterocycles. The summed E-state index contributed by atoms with van der Waals surface area (Å²) in [5.41, 5.74) is 3.87.